The third-order valence-corrected chi connectivity index (χ3v) is 2.80. The molecule has 0 aliphatic rings. The smallest absolute Gasteiger partial charge is 0.217 e. The summed E-state index contributed by atoms with van der Waals surface area (Å²) in [7, 11) is 0. The number of thiol groups is 1. The molecule has 0 aliphatic carbocycles. The molecule has 0 radical (unpaired) electrons. The Balaban J connectivity index is 2.62. The van der Waals surface area contributed by atoms with Gasteiger partial charge in [-0.05, 0) is 12.0 Å². The second kappa shape index (κ2) is 6.54. The van der Waals surface area contributed by atoms with Crippen molar-refractivity contribution in [1.82, 2.24) is 0 Å². The predicted octanol–water partition coefficient (Wildman–Crippen LogP) is -0.0483. The maximum Gasteiger partial charge on any atom is 0.217 e. The summed E-state index contributed by atoms with van der Waals surface area (Å²) in [5.41, 5.74) is 12.1. The second-order valence-electron chi connectivity index (χ2n) is 3.81. The molecule has 17 heavy (non-hydrogen) atoms. The molecule has 1 aromatic carbocycles. The van der Waals surface area contributed by atoms with E-state index in [1.54, 1.807) is 0 Å². The van der Waals surface area contributed by atoms with Crippen molar-refractivity contribution in [2.45, 2.75) is 18.5 Å². The van der Waals surface area contributed by atoms with Gasteiger partial charge in [0.05, 0.1) is 12.1 Å². The summed E-state index contributed by atoms with van der Waals surface area (Å²) in [6.45, 7) is 0. The fraction of sp³-hybridized carbons (Fsp3) is 0.333. The van der Waals surface area contributed by atoms with Crippen molar-refractivity contribution in [2.75, 3.05) is 5.75 Å². The second-order valence-corrected chi connectivity index (χ2v) is 4.18. The maximum atomic E-state index is 11.7. The molecule has 0 fully saturated rings. The van der Waals surface area contributed by atoms with Gasteiger partial charge in [-0.25, -0.2) is 0 Å². The number of nitrogens with two attached hydrogens (primary N) is 2. The highest BCUT2D eigenvalue weighted by atomic mass is 32.1. The lowest BCUT2D eigenvalue weighted by molar-refractivity contribution is -0.137. The van der Waals surface area contributed by atoms with Crippen LogP contribution in [0.1, 0.15) is 5.56 Å². The molecule has 0 heterocycles. The van der Waals surface area contributed by atoms with Crippen LogP contribution in [0.25, 0.3) is 0 Å². The molecule has 92 valence electrons. The number of rotatable bonds is 6. The van der Waals surface area contributed by atoms with Gasteiger partial charge in [0.25, 0.3) is 0 Å². The minimum absolute atomic E-state index is 0.141. The van der Waals surface area contributed by atoms with Crippen molar-refractivity contribution >= 4 is 24.2 Å². The molecule has 0 saturated carbocycles. The molecule has 1 rings (SSSR count). The van der Waals surface area contributed by atoms with E-state index in [0.717, 1.165) is 5.56 Å². The molecule has 4 nitrogen and oxygen atoms in total. The Kier molecular flexibility index (Phi) is 5.34. The Labute approximate surface area is 106 Å². The molecule has 0 bridgehead atoms. The van der Waals surface area contributed by atoms with E-state index in [1.807, 2.05) is 30.3 Å². The standard InChI is InChI=1S/C12H16N2O2S/c13-9(6-8-4-2-1-3-5-8)11(15)12(16)10(14)7-17/h1-5,9-10,17H,6-7,13-14H2/t9-,10-/m0/s1. The van der Waals surface area contributed by atoms with Crippen molar-refractivity contribution in [3.05, 3.63) is 35.9 Å². The highest BCUT2D eigenvalue weighted by Gasteiger charge is 2.26. The molecule has 2 atom stereocenters. The summed E-state index contributed by atoms with van der Waals surface area (Å²) in [6, 6.07) is 7.59. The van der Waals surface area contributed by atoms with Crippen LogP contribution in [0.4, 0.5) is 0 Å². The largest absolute Gasteiger partial charge is 0.321 e. The first-order valence-corrected chi connectivity index (χ1v) is 5.93. The van der Waals surface area contributed by atoms with Gasteiger partial charge in [0.15, 0.2) is 0 Å². The van der Waals surface area contributed by atoms with Crippen LogP contribution in [-0.4, -0.2) is 29.4 Å². The third kappa shape index (κ3) is 3.96. The molecule has 0 spiro atoms. The Hall–Kier alpha value is -1.17. The van der Waals surface area contributed by atoms with Gasteiger partial charge < -0.3 is 11.5 Å². The van der Waals surface area contributed by atoms with Crippen LogP contribution < -0.4 is 11.5 Å². The molecule has 0 unspecified atom stereocenters. The van der Waals surface area contributed by atoms with Gasteiger partial charge in [0, 0.05) is 5.75 Å². The molecule has 5 heteroatoms. The number of carbonyl (C=O) groups excluding carboxylic acids is 2. The quantitative estimate of drug-likeness (QED) is 0.489. The van der Waals surface area contributed by atoms with Gasteiger partial charge >= 0.3 is 0 Å². The van der Waals surface area contributed by atoms with Gasteiger partial charge in [0.2, 0.25) is 11.6 Å². The van der Waals surface area contributed by atoms with Crippen LogP contribution in [0.5, 0.6) is 0 Å². The van der Waals surface area contributed by atoms with Gasteiger partial charge in [-0.3, -0.25) is 9.59 Å². The number of benzene rings is 1. The highest BCUT2D eigenvalue weighted by Crippen LogP contribution is 2.03. The molecule has 0 aliphatic heterocycles. The molecule has 0 saturated heterocycles. The zero-order valence-electron chi connectivity index (χ0n) is 9.37. The summed E-state index contributed by atoms with van der Waals surface area (Å²) in [5.74, 6) is -1.14. The van der Waals surface area contributed by atoms with Crippen LogP contribution in [0, 0.1) is 0 Å². The zero-order valence-corrected chi connectivity index (χ0v) is 10.3. The molecular weight excluding hydrogens is 236 g/mol. The molecule has 0 amide bonds. The first-order valence-electron chi connectivity index (χ1n) is 5.30. The Morgan fingerprint density at radius 1 is 1.06 bits per heavy atom. The van der Waals surface area contributed by atoms with Crippen LogP contribution in [0.2, 0.25) is 0 Å². The van der Waals surface area contributed by atoms with Gasteiger partial charge in [-0.2, -0.15) is 12.6 Å². The first kappa shape index (κ1) is 13.9. The Morgan fingerprint density at radius 3 is 2.12 bits per heavy atom. The SMILES string of the molecule is N[C@@H](CS)C(=O)C(=O)[C@@H](N)Cc1ccccc1. The number of carbonyl (C=O) groups is 2. The molecular formula is C12H16N2O2S. The Morgan fingerprint density at radius 2 is 1.59 bits per heavy atom. The van der Waals surface area contributed by atoms with E-state index < -0.39 is 23.7 Å². The minimum Gasteiger partial charge on any atom is -0.321 e. The van der Waals surface area contributed by atoms with E-state index >= 15 is 0 Å². The number of Topliss-reactive ketones (excluding diaryl/α,β-unsaturated/α-hetero) is 2. The van der Waals surface area contributed by atoms with E-state index in [2.05, 4.69) is 12.6 Å². The van der Waals surface area contributed by atoms with Gasteiger partial charge in [-0.15, -0.1) is 0 Å². The van der Waals surface area contributed by atoms with Crippen molar-refractivity contribution in [2.24, 2.45) is 11.5 Å². The third-order valence-electron chi connectivity index (χ3n) is 2.41. The summed E-state index contributed by atoms with van der Waals surface area (Å²) < 4.78 is 0. The Bertz CT molecular complexity index is 395. The lowest BCUT2D eigenvalue weighted by Crippen LogP contribution is -2.46. The van der Waals surface area contributed by atoms with Crippen molar-refractivity contribution in [3.8, 4) is 0 Å². The summed E-state index contributed by atoms with van der Waals surface area (Å²) >= 11 is 3.88. The van der Waals surface area contributed by atoms with Crippen LogP contribution in [0.3, 0.4) is 0 Å². The predicted molar refractivity (Wildman–Crippen MR) is 70.0 cm³/mol. The van der Waals surface area contributed by atoms with E-state index in [0.29, 0.717) is 6.42 Å². The molecule has 0 aromatic heterocycles. The fourth-order valence-corrected chi connectivity index (χ4v) is 1.57. The van der Waals surface area contributed by atoms with E-state index in [9.17, 15) is 9.59 Å². The monoisotopic (exact) mass is 252 g/mol. The summed E-state index contributed by atoms with van der Waals surface area (Å²) in [5, 5.41) is 0. The zero-order chi connectivity index (χ0) is 12.8. The van der Waals surface area contributed by atoms with E-state index in [4.69, 9.17) is 11.5 Å². The lowest BCUT2D eigenvalue weighted by Gasteiger charge is -2.12. The van der Waals surface area contributed by atoms with Crippen molar-refractivity contribution in [3.63, 3.8) is 0 Å². The average Bonchev–Trinajstić information content (AvgIpc) is 2.37. The minimum atomic E-state index is -0.868. The number of ketones is 2. The number of hydrogen-bond donors (Lipinski definition) is 3. The van der Waals surface area contributed by atoms with Crippen molar-refractivity contribution < 1.29 is 9.59 Å². The first-order chi connectivity index (χ1) is 8.06. The number of hydrogen-bond acceptors (Lipinski definition) is 5. The maximum absolute atomic E-state index is 11.7. The van der Waals surface area contributed by atoms with Crippen LogP contribution in [0.15, 0.2) is 30.3 Å². The lowest BCUT2D eigenvalue weighted by atomic mass is 9.98. The van der Waals surface area contributed by atoms with Gasteiger partial charge in [-0.1, -0.05) is 30.3 Å². The molecule has 4 N–H and O–H groups in total. The summed E-state index contributed by atoms with van der Waals surface area (Å²) in [6.07, 6.45) is 0.338. The van der Waals surface area contributed by atoms with Gasteiger partial charge in [0.1, 0.15) is 0 Å². The van der Waals surface area contributed by atoms with E-state index in [1.165, 1.54) is 0 Å². The normalized spacial score (nSPS) is 14.1. The van der Waals surface area contributed by atoms with Crippen LogP contribution in [-0.2, 0) is 16.0 Å². The topological polar surface area (TPSA) is 86.2 Å². The molecule has 1 aromatic rings. The summed E-state index contributed by atoms with van der Waals surface area (Å²) in [4.78, 5) is 23.2. The van der Waals surface area contributed by atoms with E-state index in [-0.39, 0.29) is 5.75 Å². The average molecular weight is 252 g/mol. The highest BCUT2D eigenvalue weighted by molar-refractivity contribution is 7.80. The van der Waals surface area contributed by atoms with Crippen molar-refractivity contribution in [1.29, 1.82) is 0 Å². The fourth-order valence-electron chi connectivity index (χ4n) is 1.41. The van der Waals surface area contributed by atoms with Crippen LogP contribution >= 0.6 is 12.6 Å².